The average molecular weight is 395 g/mol. The summed E-state index contributed by atoms with van der Waals surface area (Å²) in [4.78, 5) is 20.9. The lowest BCUT2D eigenvalue weighted by atomic mass is 10.1. The molecular weight excluding hydrogens is 381 g/mol. The lowest BCUT2D eigenvalue weighted by molar-refractivity contribution is 0.202. The van der Waals surface area contributed by atoms with Gasteiger partial charge in [0.15, 0.2) is 11.6 Å². The van der Waals surface area contributed by atoms with Crippen LogP contribution < -0.4 is 20.5 Å². The highest BCUT2D eigenvalue weighted by Gasteiger charge is 2.26. The summed E-state index contributed by atoms with van der Waals surface area (Å²) >= 11 is 0. The van der Waals surface area contributed by atoms with Crippen molar-refractivity contribution in [1.82, 2.24) is 19.7 Å². The maximum Gasteiger partial charge on any atom is 0.418 e. The fraction of sp³-hybridized carbons (Fsp3) is 0.167. The quantitative estimate of drug-likeness (QED) is 0.591. The molecule has 29 heavy (non-hydrogen) atoms. The summed E-state index contributed by atoms with van der Waals surface area (Å²) in [6.07, 6.45) is -0.317. The molecule has 1 aliphatic heterocycles. The highest BCUT2D eigenvalue weighted by atomic mass is 19.1. The van der Waals surface area contributed by atoms with Crippen molar-refractivity contribution in [3.05, 3.63) is 41.5 Å². The van der Waals surface area contributed by atoms with Gasteiger partial charge in [-0.15, -0.1) is 0 Å². The van der Waals surface area contributed by atoms with E-state index in [1.807, 2.05) is 6.07 Å². The van der Waals surface area contributed by atoms with Crippen LogP contribution in [-0.4, -0.2) is 25.8 Å². The monoisotopic (exact) mass is 395 g/mol. The molecule has 1 unspecified atom stereocenters. The number of nitrogen functional groups attached to an aromatic ring is 1. The number of nitrogens with one attached hydrogen (secondary N) is 1. The summed E-state index contributed by atoms with van der Waals surface area (Å²) in [5, 5.41) is 16.1. The van der Waals surface area contributed by atoms with Gasteiger partial charge in [0.1, 0.15) is 29.4 Å². The van der Waals surface area contributed by atoms with E-state index in [1.165, 1.54) is 23.0 Å². The summed E-state index contributed by atoms with van der Waals surface area (Å²) in [5.74, 6) is -0.428. The third-order valence-corrected chi connectivity index (χ3v) is 4.30. The number of ether oxygens (including phenoxy) is 2. The molecule has 3 heterocycles. The van der Waals surface area contributed by atoms with E-state index in [0.717, 1.165) is 6.07 Å². The number of aromatic nitrogens is 4. The first kappa shape index (κ1) is 18.2. The molecule has 0 saturated heterocycles. The number of carbonyl (C=O) groups excluding carboxylic acids is 1. The average Bonchev–Trinajstić information content (AvgIpc) is 2.98. The molecular formula is C18H14FN7O3. The predicted octanol–water partition coefficient (Wildman–Crippen LogP) is 2.53. The van der Waals surface area contributed by atoms with Crippen LogP contribution in [0.2, 0.25) is 0 Å². The first-order valence-corrected chi connectivity index (χ1v) is 8.42. The van der Waals surface area contributed by atoms with Crippen LogP contribution in [-0.2, 0) is 7.05 Å². The molecule has 1 aromatic carbocycles. The van der Waals surface area contributed by atoms with Crippen LogP contribution in [0.4, 0.5) is 20.8 Å². The lowest BCUT2D eigenvalue weighted by Crippen LogP contribution is -2.20. The topological polar surface area (TPSA) is 141 Å². The van der Waals surface area contributed by atoms with Crippen molar-refractivity contribution in [2.75, 3.05) is 11.1 Å². The first-order valence-electron chi connectivity index (χ1n) is 8.42. The number of nitrogens with zero attached hydrogens (tertiary/aromatic N) is 5. The fourth-order valence-electron chi connectivity index (χ4n) is 2.95. The number of carbonyl (C=O) groups is 1. The molecule has 1 atom stereocenters. The van der Waals surface area contributed by atoms with Crippen molar-refractivity contribution in [3.63, 3.8) is 0 Å². The van der Waals surface area contributed by atoms with Gasteiger partial charge in [0, 0.05) is 12.6 Å². The minimum atomic E-state index is -0.877. The number of aryl methyl sites for hydroxylation is 1. The van der Waals surface area contributed by atoms with Crippen LogP contribution in [0.15, 0.2) is 24.4 Å². The number of nitrogens with two attached hydrogens (primary N) is 1. The Morgan fingerprint density at radius 1 is 1.41 bits per heavy atom. The van der Waals surface area contributed by atoms with Crippen LogP contribution in [0.5, 0.6) is 11.6 Å². The minimum Gasteiger partial charge on any atom is -0.467 e. The van der Waals surface area contributed by atoms with Crippen LogP contribution >= 0.6 is 0 Å². The highest BCUT2D eigenvalue weighted by molar-refractivity contribution is 5.91. The smallest absolute Gasteiger partial charge is 0.418 e. The van der Waals surface area contributed by atoms with E-state index >= 15 is 0 Å². The van der Waals surface area contributed by atoms with Gasteiger partial charge in [0.05, 0.1) is 17.5 Å². The maximum absolute atomic E-state index is 13.8. The lowest BCUT2D eigenvalue weighted by Gasteiger charge is -2.19. The minimum absolute atomic E-state index is 0.00418. The Morgan fingerprint density at radius 2 is 2.21 bits per heavy atom. The van der Waals surface area contributed by atoms with Crippen LogP contribution in [0.25, 0.3) is 11.3 Å². The molecule has 3 N–H and O–H groups in total. The molecule has 11 heteroatoms. The molecule has 146 valence electrons. The number of fused-ring (bicyclic) bond motifs is 5. The van der Waals surface area contributed by atoms with E-state index in [-0.39, 0.29) is 45.8 Å². The summed E-state index contributed by atoms with van der Waals surface area (Å²) in [5.41, 5.74) is 6.73. The van der Waals surface area contributed by atoms with Crippen molar-refractivity contribution in [1.29, 1.82) is 5.26 Å². The summed E-state index contributed by atoms with van der Waals surface area (Å²) < 4.78 is 26.2. The fourth-order valence-corrected chi connectivity index (χ4v) is 2.95. The van der Waals surface area contributed by atoms with Gasteiger partial charge in [-0.3, -0.25) is 10.00 Å². The molecule has 4 rings (SSSR count). The van der Waals surface area contributed by atoms with Gasteiger partial charge in [-0.25, -0.2) is 19.2 Å². The normalized spacial score (nSPS) is 15.4. The van der Waals surface area contributed by atoms with Gasteiger partial charge in [0.2, 0.25) is 0 Å². The molecule has 1 amide bonds. The molecule has 0 fully saturated rings. The van der Waals surface area contributed by atoms with Gasteiger partial charge >= 0.3 is 6.09 Å². The van der Waals surface area contributed by atoms with Crippen molar-refractivity contribution in [2.45, 2.75) is 13.0 Å². The molecule has 0 radical (unpaired) electrons. The Morgan fingerprint density at radius 3 is 2.97 bits per heavy atom. The van der Waals surface area contributed by atoms with Gasteiger partial charge in [-0.1, -0.05) is 0 Å². The molecule has 0 spiro atoms. The van der Waals surface area contributed by atoms with Crippen LogP contribution in [0, 0.1) is 17.1 Å². The SMILES string of the molecule is CC1Oc2nc(cnc2N)-c2c(nn(C)c2C#N)NC(=O)Oc2ccc(F)cc21. The van der Waals surface area contributed by atoms with Crippen molar-refractivity contribution in [2.24, 2.45) is 7.05 Å². The largest absolute Gasteiger partial charge is 0.467 e. The second kappa shape index (κ2) is 6.75. The number of nitriles is 1. The number of hydrogen-bond donors (Lipinski definition) is 2. The molecule has 2 aromatic heterocycles. The highest BCUT2D eigenvalue weighted by Crippen LogP contribution is 2.35. The van der Waals surface area contributed by atoms with E-state index in [9.17, 15) is 14.4 Å². The van der Waals surface area contributed by atoms with E-state index in [1.54, 1.807) is 14.0 Å². The number of hydrogen-bond acceptors (Lipinski definition) is 8. The van der Waals surface area contributed by atoms with E-state index in [0.29, 0.717) is 0 Å². The van der Waals surface area contributed by atoms with Gasteiger partial charge < -0.3 is 15.2 Å². The molecule has 10 nitrogen and oxygen atoms in total. The van der Waals surface area contributed by atoms with E-state index in [2.05, 4.69) is 20.4 Å². The predicted molar refractivity (Wildman–Crippen MR) is 98.5 cm³/mol. The Kier molecular flexibility index (Phi) is 4.23. The van der Waals surface area contributed by atoms with Crippen molar-refractivity contribution < 1.29 is 18.7 Å². The first-order chi connectivity index (χ1) is 13.9. The second-order valence-corrected chi connectivity index (χ2v) is 6.21. The zero-order valence-corrected chi connectivity index (χ0v) is 15.3. The summed E-state index contributed by atoms with van der Waals surface area (Å²) in [6.45, 7) is 1.62. The van der Waals surface area contributed by atoms with Crippen LogP contribution in [0.3, 0.4) is 0 Å². The molecule has 0 saturated carbocycles. The summed E-state index contributed by atoms with van der Waals surface area (Å²) in [7, 11) is 1.54. The Balaban J connectivity index is 1.94. The molecule has 0 aliphatic carbocycles. The van der Waals surface area contributed by atoms with Gasteiger partial charge in [0.25, 0.3) is 5.88 Å². The third-order valence-electron chi connectivity index (χ3n) is 4.30. The number of anilines is 2. The second-order valence-electron chi connectivity index (χ2n) is 6.21. The Labute approximate surface area is 163 Å². The van der Waals surface area contributed by atoms with Crippen molar-refractivity contribution in [3.8, 4) is 29.0 Å². The zero-order valence-electron chi connectivity index (χ0n) is 15.3. The molecule has 1 aliphatic rings. The number of halogens is 1. The van der Waals surface area contributed by atoms with Crippen molar-refractivity contribution >= 4 is 17.7 Å². The Bertz CT molecular complexity index is 1180. The molecule has 2 bridgehead atoms. The molecule has 3 aromatic rings. The van der Waals surface area contributed by atoms with Gasteiger partial charge in [-0.05, 0) is 25.1 Å². The van der Waals surface area contributed by atoms with Crippen LogP contribution in [0.1, 0.15) is 24.3 Å². The third kappa shape index (κ3) is 3.16. The Hall–Kier alpha value is -4.20. The number of rotatable bonds is 0. The standard InChI is InChI=1S/C18H14FN7O3/c1-8-10-5-9(19)3-4-13(10)29-18(27)24-16-14(12(6-20)26(2)25-16)11-7-22-15(21)17(23-11)28-8/h3-5,7-8H,1-2H3,(H2,21,22)(H,24,25,27). The maximum atomic E-state index is 13.8. The van der Waals surface area contributed by atoms with Gasteiger partial charge in [-0.2, -0.15) is 10.4 Å². The van der Waals surface area contributed by atoms with E-state index < -0.39 is 18.0 Å². The summed E-state index contributed by atoms with van der Waals surface area (Å²) in [6, 6.07) is 5.66. The van der Waals surface area contributed by atoms with E-state index in [4.69, 9.17) is 15.2 Å². The number of amides is 1. The number of benzene rings is 1. The zero-order chi connectivity index (χ0) is 20.7.